The van der Waals surface area contributed by atoms with Crippen molar-refractivity contribution in [3.63, 3.8) is 0 Å². The van der Waals surface area contributed by atoms with Gasteiger partial charge in [0.15, 0.2) is 0 Å². The molecule has 2 heterocycles. The lowest BCUT2D eigenvalue weighted by molar-refractivity contribution is 0.104. The first kappa shape index (κ1) is 21.0. The van der Waals surface area contributed by atoms with Crippen LogP contribution < -0.4 is 15.5 Å². The molecule has 1 unspecified atom stereocenters. The van der Waals surface area contributed by atoms with Gasteiger partial charge in [-0.25, -0.2) is 9.59 Å². The van der Waals surface area contributed by atoms with E-state index in [2.05, 4.69) is 21.6 Å². The third-order valence-electron chi connectivity index (χ3n) is 6.03. The van der Waals surface area contributed by atoms with E-state index < -0.39 is 0 Å². The SMILES string of the molecule is O=C(Nc1ccccc1)Nc1cccc2c1CCN(CC1CN(c3ccccc3)C(=O)O1)C2. The van der Waals surface area contributed by atoms with Gasteiger partial charge in [0.2, 0.25) is 0 Å². The number of urea groups is 1. The van der Waals surface area contributed by atoms with Gasteiger partial charge in [0.05, 0.1) is 6.54 Å². The van der Waals surface area contributed by atoms with Crippen molar-refractivity contribution in [3.8, 4) is 0 Å². The smallest absolute Gasteiger partial charge is 0.414 e. The summed E-state index contributed by atoms with van der Waals surface area (Å²) >= 11 is 0. The fourth-order valence-corrected chi connectivity index (χ4v) is 4.47. The molecule has 0 aromatic heterocycles. The Morgan fingerprint density at radius 3 is 2.48 bits per heavy atom. The number of nitrogens with one attached hydrogen (secondary N) is 2. The van der Waals surface area contributed by atoms with Crippen LogP contribution >= 0.6 is 0 Å². The van der Waals surface area contributed by atoms with Crippen molar-refractivity contribution in [2.45, 2.75) is 19.1 Å². The third kappa shape index (κ3) is 4.83. The number of amides is 3. The molecule has 3 aromatic carbocycles. The molecule has 0 saturated carbocycles. The molecule has 0 spiro atoms. The number of para-hydroxylation sites is 2. The van der Waals surface area contributed by atoms with E-state index in [9.17, 15) is 9.59 Å². The summed E-state index contributed by atoms with van der Waals surface area (Å²) in [6, 6.07) is 24.7. The highest BCUT2D eigenvalue weighted by Gasteiger charge is 2.34. The second kappa shape index (κ2) is 9.34. The van der Waals surface area contributed by atoms with Gasteiger partial charge in [-0.05, 0) is 47.9 Å². The molecular weight excluding hydrogens is 416 g/mol. The molecule has 1 saturated heterocycles. The predicted octanol–water partition coefficient (Wildman–Crippen LogP) is 4.71. The Morgan fingerprint density at radius 2 is 1.70 bits per heavy atom. The summed E-state index contributed by atoms with van der Waals surface area (Å²) in [7, 11) is 0. The lowest BCUT2D eigenvalue weighted by Gasteiger charge is -2.31. The minimum atomic E-state index is -0.292. The Balaban J connectivity index is 1.20. The van der Waals surface area contributed by atoms with Crippen LogP contribution in [0.1, 0.15) is 11.1 Å². The first-order valence-electron chi connectivity index (χ1n) is 11.1. The maximum Gasteiger partial charge on any atom is 0.414 e. The molecule has 1 atom stereocenters. The second-order valence-corrected chi connectivity index (χ2v) is 8.33. The number of fused-ring (bicyclic) bond motifs is 1. The maximum atomic E-state index is 12.5. The van der Waals surface area contributed by atoms with E-state index in [1.54, 1.807) is 4.90 Å². The molecule has 2 N–H and O–H groups in total. The van der Waals surface area contributed by atoms with Crippen molar-refractivity contribution in [2.24, 2.45) is 0 Å². The Bertz CT molecular complexity index is 1140. The van der Waals surface area contributed by atoms with E-state index in [0.717, 1.165) is 42.1 Å². The topological polar surface area (TPSA) is 73.9 Å². The zero-order valence-electron chi connectivity index (χ0n) is 18.2. The van der Waals surface area contributed by atoms with E-state index in [1.807, 2.05) is 72.8 Å². The molecule has 7 nitrogen and oxygen atoms in total. The number of nitrogens with zero attached hydrogens (tertiary/aromatic N) is 2. The zero-order valence-corrected chi connectivity index (χ0v) is 18.2. The van der Waals surface area contributed by atoms with Crippen LogP contribution in [0.5, 0.6) is 0 Å². The summed E-state index contributed by atoms with van der Waals surface area (Å²) in [6.07, 6.45) is 0.358. The number of ether oxygens (including phenoxy) is 1. The Labute approximate surface area is 193 Å². The van der Waals surface area contributed by atoms with Crippen molar-refractivity contribution in [3.05, 3.63) is 90.0 Å². The van der Waals surface area contributed by atoms with Gasteiger partial charge in [-0.15, -0.1) is 0 Å². The number of anilines is 3. The highest BCUT2D eigenvalue weighted by molar-refractivity contribution is 6.00. The Kier molecular flexibility index (Phi) is 5.95. The van der Waals surface area contributed by atoms with Gasteiger partial charge >= 0.3 is 12.1 Å². The number of carbonyl (C=O) groups is 2. The van der Waals surface area contributed by atoms with Crippen molar-refractivity contribution in [1.29, 1.82) is 0 Å². The Hall–Kier alpha value is -3.84. The average molecular weight is 443 g/mol. The van der Waals surface area contributed by atoms with Crippen LogP contribution in [-0.2, 0) is 17.7 Å². The standard InChI is InChI=1S/C26H26N4O3/c31-25(27-20-9-3-1-4-10-20)28-24-13-7-8-19-16-29(15-14-23(19)24)17-22-18-30(26(32)33-22)21-11-5-2-6-12-21/h1-13,22H,14-18H2,(H2,27,28,31). The van der Waals surface area contributed by atoms with E-state index in [4.69, 9.17) is 4.74 Å². The van der Waals surface area contributed by atoms with Crippen molar-refractivity contribution in [2.75, 3.05) is 35.2 Å². The lowest BCUT2D eigenvalue weighted by atomic mass is 9.97. The highest BCUT2D eigenvalue weighted by Crippen LogP contribution is 2.28. The summed E-state index contributed by atoms with van der Waals surface area (Å²) in [5.74, 6) is 0. The van der Waals surface area contributed by atoms with Gasteiger partial charge in [-0.3, -0.25) is 9.80 Å². The molecule has 2 aliphatic heterocycles. The van der Waals surface area contributed by atoms with Crippen LogP contribution in [0.3, 0.4) is 0 Å². The molecule has 0 aliphatic carbocycles. The normalized spacial score (nSPS) is 17.9. The van der Waals surface area contributed by atoms with Gasteiger partial charge in [0, 0.05) is 36.7 Å². The van der Waals surface area contributed by atoms with Crippen LogP contribution in [0.4, 0.5) is 26.7 Å². The zero-order chi connectivity index (χ0) is 22.6. The summed E-state index contributed by atoms with van der Waals surface area (Å²) in [5.41, 5.74) is 4.79. The molecule has 2 aliphatic rings. The minimum absolute atomic E-state index is 0.169. The van der Waals surface area contributed by atoms with Crippen LogP contribution in [0, 0.1) is 0 Å². The van der Waals surface area contributed by atoms with Crippen molar-refractivity contribution < 1.29 is 14.3 Å². The summed E-state index contributed by atoms with van der Waals surface area (Å²) in [6.45, 7) is 2.82. The molecule has 1 fully saturated rings. The van der Waals surface area contributed by atoms with Crippen LogP contribution in [0.25, 0.3) is 0 Å². The van der Waals surface area contributed by atoms with Crippen LogP contribution in [-0.4, -0.2) is 42.8 Å². The van der Waals surface area contributed by atoms with E-state index >= 15 is 0 Å². The van der Waals surface area contributed by atoms with Crippen molar-refractivity contribution >= 4 is 29.2 Å². The maximum absolute atomic E-state index is 12.5. The van der Waals surface area contributed by atoms with Gasteiger partial charge in [-0.2, -0.15) is 0 Å². The van der Waals surface area contributed by atoms with Gasteiger partial charge in [0.25, 0.3) is 0 Å². The first-order chi connectivity index (χ1) is 16.2. The van der Waals surface area contributed by atoms with Crippen LogP contribution in [0.2, 0.25) is 0 Å². The third-order valence-corrected chi connectivity index (χ3v) is 6.03. The van der Waals surface area contributed by atoms with Gasteiger partial charge in [0.1, 0.15) is 6.10 Å². The average Bonchev–Trinajstić information content (AvgIpc) is 3.20. The monoisotopic (exact) mass is 442 g/mol. The number of hydrogen-bond donors (Lipinski definition) is 2. The molecule has 0 bridgehead atoms. The summed E-state index contributed by atoms with van der Waals surface area (Å²) in [5, 5.41) is 5.85. The molecule has 168 valence electrons. The molecular formula is C26H26N4O3. The van der Waals surface area contributed by atoms with Crippen molar-refractivity contribution in [1.82, 2.24) is 4.90 Å². The number of cyclic esters (lactones) is 1. The quantitative estimate of drug-likeness (QED) is 0.600. The highest BCUT2D eigenvalue weighted by atomic mass is 16.6. The summed E-state index contributed by atoms with van der Waals surface area (Å²) < 4.78 is 5.63. The number of carbonyl (C=O) groups excluding carboxylic acids is 2. The minimum Gasteiger partial charge on any atom is -0.443 e. The predicted molar refractivity (Wildman–Crippen MR) is 129 cm³/mol. The van der Waals surface area contributed by atoms with Gasteiger partial charge < -0.3 is 15.4 Å². The molecule has 3 aromatic rings. The lowest BCUT2D eigenvalue weighted by Crippen LogP contribution is -2.38. The van der Waals surface area contributed by atoms with E-state index in [0.29, 0.717) is 13.1 Å². The fourth-order valence-electron chi connectivity index (χ4n) is 4.47. The second-order valence-electron chi connectivity index (χ2n) is 8.33. The molecule has 33 heavy (non-hydrogen) atoms. The first-order valence-corrected chi connectivity index (χ1v) is 11.1. The van der Waals surface area contributed by atoms with Crippen LogP contribution in [0.15, 0.2) is 78.9 Å². The van der Waals surface area contributed by atoms with Gasteiger partial charge in [-0.1, -0.05) is 48.5 Å². The summed E-state index contributed by atoms with van der Waals surface area (Å²) in [4.78, 5) is 28.8. The van der Waals surface area contributed by atoms with E-state index in [1.165, 1.54) is 5.56 Å². The fraction of sp³-hybridized carbons (Fsp3) is 0.231. The number of hydrogen-bond acceptors (Lipinski definition) is 4. The van der Waals surface area contributed by atoms with E-state index in [-0.39, 0.29) is 18.2 Å². The molecule has 7 heteroatoms. The number of rotatable bonds is 5. The molecule has 0 radical (unpaired) electrons. The Morgan fingerprint density at radius 1 is 0.939 bits per heavy atom. The number of benzene rings is 3. The largest absolute Gasteiger partial charge is 0.443 e. The molecule has 3 amide bonds. The molecule has 5 rings (SSSR count).